The summed E-state index contributed by atoms with van der Waals surface area (Å²) in [5.41, 5.74) is 0. The van der Waals surface area contributed by atoms with Gasteiger partial charge in [0.2, 0.25) is 0 Å². The third-order valence-electron chi connectivity index (χ3n) is 3.43. The molecule has 1 fully saturated rings. The van der Waals surface area contributed by atoms with Crippen LogP contribution in [0.25, 0.3) is 0 Å². The van der Waals surface area contributed by atoms with Gasteiger partial charge in [-0.25, -0.2) is 0 Å². The molecule has 1 rings (SSSR count). The molecule has 0 amide bonds. The maximum absolute atomic E-state index is 9.25. The van der Waals surface area contributed by atoms with E-state index in [1.165, 1.54) is 19.3 Å². The summed E-state index contributed by atoms with van der Waals surface area (Å²) in [4.78, 5) is 0. The van der Waals surface area contributed by atoms with Crippen LogP contribution in [0, 0.1) is 23.2 Å². The molecule has 0 aromatic rings. The van der Waals surface area contributed by atoms with Crippen LogP contribution in [0.2, 0.25) is 0 Å². The lowest BCUT2D eigenvalue weighted by molar-refractivity contribution is 0.131. The topological polar surface area (TPSA) is 56.0 Å². The highest BCUT2D eigenvalue weighted by Gasteiger charge is 2.24. The van der Waals surface area contributed by atoms with E-state index in [1.807, 2.05) is 6.92 Å². The molecule has 3 unspecified atom stereocenters. The van der Waals surface area contributed by atoms with Crippen molar-refractivity contribution < 1.29 is 5.11 Å². The van der Waals surface area contributed by atoms with E-state index >= 15 is 0 Å². The predicted molar refractivity (Wildman–Crippen MR) is 60.2 cm³/mol. The molecule has 0 radical (unpaired) electrons. The zero-order chi connectivity index (χ0) is 11.1. The molecule has 15 heavy (non-hydrogen) atoms. The number of nitriles is 1. The van der Waals surface area contributed by atoms with E-state index in [0.717, 1.165) is 13.0 Å². The number of nitrogens with zero attached hydrogens (tertiary/aromatic N) is 1. The first-order valence-electron chi connectivity index (χ1n) is 5.99. The third kappa shape index (κ3) is 4.19. The molecule has 2 N–H and O–H groups in total. The molecule has 86 valence electrons. The lowest BCUT2D eigenvalue weighted by atomic mass is 9.79. The Labute approximate surface area is 92.5 Å². The van der Waals surface area contributed by atoms with Gasteiger partial charge in [0, 0.05) is 12.6 Å². The molecule has 0 saturated heterocycles. The Balaban J connectivity index is 2.26. The van der Waals surface area contributed by atoms with Crippen LogP contribution in [0.5, 0.6) is 0 Å². The van der Waals surface area contributed by atoms with Crippen LogP contribution in [0.3, 0.4) is 0 Å². The fraction of sp³-hybridized carbons (Fsp3) is 0.917. The first kappa shape index (κ1) is 12.5. The molecule has 3 heteroatoms. The van der Waals surface area contributed by atoms with Gasteiger partial charge in [0.25, 0.3) is 0 Å². The minimum atomic E-state index is 0.274. The lowest BCUT2D eigenvalue weighted by Crippen LogP contribution is -2.36. The van der Waals surface area contributed by atoms with E-state index in [4.69, 9.17) is 5.26 Å². The van der Waals surface area contributed by atoms with Gasteiger partial charge in [0.1, 0.15) is 0 Å². The van der Waals surface area contributed by atoms with Crippen molar-refractivity contribution in [1.82, 2.24) is 5.32 Å². The highest BCUT2D eigenvalue weighted by molar-refractivity contribution is 4.81. The summed E-state index contributed by atoms with van der Waals surface area (Å²) in [6.45, 7) is 3.31. The molecule has 0 aromatic heterocycles. The summed E-state index contributed by atoms with van der Waals surface area (Å²) < 4.78 is 0. The fourth-order valence-corrected chi connectivity index (χ4v) is 2.36. The summed E-state index contributed by atoms with van der Waals surface area (Å²) in [5.74, 6) is 1.07. The average Bonchev–Trinajstić information content (AvgIpc) is 2.27. The van der Waals surface area contributed by atoms with Crippen molar-refractivity contribution >= 4 is 0 Å². The van der Waals surface area contributed by atoms with Crippen LogP contribution < -0.4 is 5.32 Å². The number of aliphatic hydroxyl groups excluding tert-OH is 1. The standard InChI is InChI=1S/C12H22N2O/c1-10(6-7-13)14-8-11-4-2-3-5-12(11)9-15/h10-12,14-15H,2-6,8-9H2,1H3. The smallest absolute Gasteiger partial charge is 0.0638 e. The molecular formula is C12H22N2O. The van der Waals surface area contributed by atoms with Gasteiger partial charge in [-0.15, -0.1) is 0 Å². The van der Waals surface area contributed by atoms with E-state index < -0.39 is 0 Å². The monoisotopic (exact) mass is 210 g/mol. The maximum atomic E-state index is 9.25. The molecule has 1 saturated carbocycles. The molecule has 1 aliphatic carbocycles. The van der Waals surface area contributed by atoms with Crippen molar-refractivity contribution in [2.24, 2.45) is 11.8 Å². The van der Waals surface area contributed by atoms with Crippen molar-refractivity contribution in [2.45, 2.75) is 45.1 Å². The van der Waals surface area contributed by atoms with E-state index in [2.05, 4.69) is 11.4 Å². The van der Waals surface area contributed by atoms with E-state index in [0.29, 0.717) is 24.9 Å². The second-order valence-corrected chi connectivity index (χ2v) is 4.66. The van der Waals surface area contributed by atoms with Gasteiger partial charge >= 0.3 is 0 Å². The molecule has 0 bridgehead atoms. The Hall–Kier alpha value is -0.590. The van der Waals surface area contributed by atoms with Crippen molar-refractivity contribution in [3.63, 3.8) is 0 Å². The zero-order valence-corrected chi connectivity index (χ0v) is 9.58. The number of aliphatic hydroxyl groups is 1. The molecule has 0 aromatic carbocycles. The van der Waals surface area contributed by atoms with E-state index in [1.54, 1.807) is 0 Å². The SMILES string of the molecule is CC(CC#N)NCC1CCCCC1CO. The van der Waals surface area contributed by atoms with Crippen molar-refractivity contribution in [2.75, 3.05) is 13.2 Å². The van der Waals surface area contributed by atoms with Crippen molar-refractivity contribution in [3.8, 4) is 6.07 Å². The summed E-state index contributed by atoms with van der Waals surface area (Å²) in [7, 11) is 0. The Bertz CT molecular complexity index is 212. The molecule has 0 aliphatic heterocycles. The quantitative estimate of drug-likeness (QED) is 0.726. The average molecular weight is 210 g/mol. The van der Waals surface area contributed by atoms with Crippen LogP contribution in [-0.4, -0.2) is 24.3 Å². The van der Waals surface area contributed by atoms with Crippen molar-refractivity contribution in [3.05, 3.63) is 0 Å². The first-order valence-corrected chi connectivity index (χ1v) is 5.99. The van der Waals surface area contributed by atoms with Crippen LogP contribution in [0.15, 0.2) is 0 Å². The summed E-state index contributed by atoms with van der Waals surface area (Å²) in [6, 6.07) is 2.44. The van der Waals surface area contributed by atoms with Gasteiger partial charge in [-0.3, -0.25) is 0 Å². The number of nitrogens with one attached hydrogen (secondary N) is 1. The largest absolute Gasteiger partial charge is 0.396 e. The van der Waals surface area contributed by atoms with Crippen molar-refractivity contribution in [1.29, 1.82) is 5.26 Å². The van der Waals surface area contributed by atoms with E-state index in [-0.39, 0.29) is 6.04 Å². The molecular weight excluding hydrogens is 188 g/mol. The van der Waals surface area contributed by atoms with Crippen LogP contribution in [0.1, 0.15) is 39.0 Å². The summed E-state index contributed by atoms with van der Waals surface area (Å²) in [6.07, 6.45) is 5.49. The Morgan fingerprint density at radius 3 is 2.67 bits per heavy atom. The molecule has 3 atom stereocenters. The van der Waals surface area contributed by atoms with Crippen LogP contribution in [-0.2, 0) is 0 Å². The highest BCUT2D eigenvalue weighted by atomic mass is 16.3. The van der Waals surface area contributed by atoms with Gasteiger partial charge in [0.15, 0.2) is 0 Å². The third-order valence-corrected chi connectivity index (χ3v) is 3.43. The summed E-state index contributed by atoms with van der Waals surface area (Å²) in [5, 5.41) is 21.2. The Morgan fingerprint density at radius 1 is 1.40 bits per heavy atom. The lowest BCUT2D eigenvalue weighted by Gasteiger charge is -2.31. The number of hydrogen-bond donors (Lipinski definition) is 2. The minimum absolute atomic E-state index is 0.274. The first-order chi connectivity index (χ1) is 7.27. The number of rotatable bonds is 5. The maximum Gasteiger partial charge on any atom is 0.0638 e. The molecule has 0 heterocycles. The molecule has 0 spiro atoms. The number of hydrogen-bond acceptors (Lipinski definition) is 3. The van der Waals surface area contributed by atoms with Gasteiger partial charge < -0.3 is 10.4 Å². The summed E-state index contributed by atoms with van der Waals surface area (Å²) >= 11 is 0. The van der Waals surface area contributed by atoms with Gasteiger partial charge in [-0.05, 0) is 38.1 Å². The normalized spacial score (nSPS) is 28.3. The Kier molecular flexibility index (Phi) is 5.67. The van der Waals surface area contributed by atoms with Gasteiger partial charge in [0.05, 0.1) is 12.5 Å². The predicted octanol–water partition coefficient (Wildman–Crippen LogP) is 1.68. The second kappa shape index (κ2) is 6.81. The molecule has 3 nitrogen and oxygen atoms in total. The van der Waals surface area contributed by atoms with Gasteiger partial charge in [-0.1, -0.05) is 12.8 Å². The Morgan fingerprint density at radius 2 is 2.07 bits per heavy atom. The zero-order valence-electron chi connectivity index (χ0n) is 9.58. The van der Waals surface area contributed by atoms with Crippen LogP contribution >= 0.6 is 0 Å². The fourth-order valence-electron chi connectivity index (χ4n) is 2.36. The minimum Gasteiger partial charge on any atom is -0.396 e. The second-order valence-electron chi connectivity index (χ2n) is 4.66. The molecule has 1 aliphatic rings. The van der Waals surface area contributed by atoms with E-state index in [9.17, 15) is 5.11 Å². The van der Waals surface area contributed by atoms with Crippen LogP contribution in [0.4, 0.5) is 0 Å². The highest BCUT2D eigenvalue weighted by Crippen LogP contribution is 2.29. The van der Waals surface area contributed by atoms with Gasteiger partial charge in [-0.2, -0.15) is 5.26 Å².